The Balaban J connectivity index is 1.45. The quantitative estimate of drug-likeness (QED) is 0.0918. The van der Waals surface area contributed by atoms with E-state index in [-0.39, 0.29) is 6.10 Å². The van der Waals surface area contributed by atoms with Gasteiger partial charge in [-0.25, -0.2) is 9.97 Å². The fraction of sp³-hybridized carbons (Fsp3) is 0.463. The lowest BCUT2D eigenvalue weighted by Crippen LogP contribution is -2.09. The van der Waals surface area contributed by atoms with Crippen LogP contribution in [0.3, 0.4) is 0 Å². The third kappa shape index (κ3) is 11.3. The third-order valence-electron chi connectivity index (χ3n) is 8.73. The normalized spacial score (nSPS) is 13.2. The van der Waals surface area contributed by atoms with Crippen molar-refractivity contribution >= 4 is 0 Å². The highest BCUT2D eigenvalue weighted by atomic mass is 16.5. The summed E-state index contributed by atoms with van der Waals surface area (Å²) in [6.07, 6.45) is 13.3. The Labute approximate surface area is 277 Å². The first-order chi connectivity index (χ1) is 22.5. The van der Waals surface area contributed by atoms with Gasteiger partial charge in [0.1, 0.15) is 17.6 Å². The van der Waals surface area contributed by atoms with Crippen LogP contribution in [0.2, 0.25) is 0 Å². The zero-order valence-electron chi connectivity index (χ0n) is 28.7. The van der Waals surface area contributed by atoms with Crippen LogP contribution >= 0.6 is 0 Å². The molecule has 0 aliphatic heterocycles. The highest BCUT2D eigenvalue weighted by Crippen LogP contribution is 2.31. The molecule has 3 unspecified atom stereocenters. The molecule has 1 aromatic heterocycles. The molecule has 4 aromatic rings. The van der Waals surface area contributed by atoms with Gasteiger partial charge in [0.2, 0.25) is 0 Å². The number of nitrogens with zero attached hydrogens (tertiary/aromatic N) is 2. The molecule has 0 saturated heterocycles. The van der Waals surface area contributed by atoms with Gasteiger partial charge in [0, 0.05) is 18.0 Å². The first-order valence-corrected chi connectivity index (χ1v) is 17.5. The number of ether oxygens (including phenoxy) is 3. The summed E-state index contributed by atoms with van der Waals surface area (Å²) in [6, 6.07) is 25.0. The van der Waals surface area contributed by atoms with Gasteiger partial charge in [-0.2, -0.15) is 0 Å². The fourth-order valence-corrected chi connectivity index (χ4v) is 5.07. The van der Waals surface area contributed by atoms with Crippen LogP contribution in [0.4, 0.5) is 0 Å². The minimum atomic E-state index is -0.241. The van der Waals surface area contributed by atoms with Gasteiger partial charge in [0.05, 0.1) is 19.8 Å². The summed E-state index contributed by atoms with van der Waals surface area (Å²) in [6.45, 7) is 13.0. The summed E-state index contributed by atoms with van der Waals surface area (Å²) in [5.41, 5.74) is 5.46. The Hall–Kier alpha value is -3.70. The molecule has 0 saturated carbocycles. The highest BCUT2D eigenvalue weighted by Gasteiger charge is 2.17. The zero-order valence-corrected chi connectivity index (χ0v) is 28.7. The van der Waals surface area contributed by atoms with Gasteiger partial charge in [0.15, 0.2) is 5.82 Å². The second-order valence-electron chi connectivity index (χ2n) is 12.8. The molecule has 0 radical (unpaired) electrons. The van der Waals surface area contributed by atoms with Gasteiger partial charge in [-0.05, 0) is 71.2 Å². The standard InChI is InChI=1S/C41H54N2O3/c1-6-9-10-11-12-13-34-26-42-41(43-27-34)37-18-16-35(17-19-37)40(36-20-24-39(25-21-36)45-29-32(5)8-3)46-30-33-14-22-38(23-15-33)44-28-31(4)7-2/h14-27,31-32,40H,6-13,28-30H2,1-5H3. The molecular weight excluding hydrogens is 568 g/mol. The Morgan fingerprint density at radius 2 is 1.11 bits per heavy atom. The van der Waals surface area contributed by atoms with Crippen LogP contribution in [-0.2, 0) is 17.8 Å². The van der Waals surface area contributed by atoms with E-state index in [0.717, 1.165) is 72.1 Å². The number of benzene rings is 3. The SMILES string of the molecule is CCCCCCCc1cnc(-c2ccc(C(OCc3ccc(OCC(C)CC)cc3)c3ccc(OCC(C)CC)cc3)cc2)nc1. The topological polar surface area (TPSA) is 53.5 Å². The summed E-state index contributed by atoms with van der Waals surface area (Å²) in [5, 5.41) is 0. The van der Waals surface area contributed by atoms with Crippen molar-refractivity contribution in [3.05, 3.63) is 107 Å². The van der Waals surface area contributed by atoms with Crippen LogP contribution in [0.5, 0.6) is 11.5 Å². The van der Waals surface area contributed by atoms with E-state index in [1.54, 1.807) is 0 Å². The van der Waals surface area contributed by atoms with E-state index in [1.807, 2.05) is 36.7 Å². The van der Waals surface area contributed by atoms with Gasteiger partial charge in [-0.1, -0.05) is 122 Å². The van der Waals surface area contributed by atoms with Crippen molar-refractivity contribution in [3.8, 4) is 22.9 Å². The molecule has 0 N–H and O–H groups in total. The molecule has 0 aliphatic carbocycles. The van der Waals surface area contributed by atoms with Crippen LogP contribution in [0.25, 0.3) is 11.4 Å². The molecule has 0 fully saturated rings. The van der Waals surface area contributed by atoms with E-state index < -0.39 is 0 Å². The molecule has 0 bridgehead atoms. The van der Waals surface area contributed by atoms with Gasteiger partial charge < -0.3 is 14.2 Å². The molecule has 5 nitrogen and oxygen atoms in total. The average Bonchev–Trinajstić information content (AvgIpc) is 3.11. The van der Waals surface area contributed by atoms with Crippen LogP contribution < -0.4 is 9.47 Å². The number of unbranched alkanes of at least 4 members (excludes halogenated alkanes) is 4. The molecule has 0 amide bonds. The molecule has 3 atom stereocenters. The third-order valence-corrected chi connectivity index (χ3v) is 8.73. The largest absolute Gasteiger partial charge is 0.493 e. The maximum absolute atomic E-state index is 6.62. The number of aromatic nitrogens is 2. The van der Waals surface area contributed by atoms with Gasteiger partial charge in [0.25, 0.3) is 0 Å². The zero-order chi connectivity index (χ0) is 32.6. The van der Waals surface area contributed by atoms with E-state index in [4.69, 9.17) is 14.2 Å². The second kappa shape index (κ2) is 19.1. The first-order valence-electron chi connectivity index (χ1n) is 17.5. The molecule has 1 heterocycles. The van der Waals surface area contributed by atoms with E-state index in [2.05, 4.69) is 93.1 Å². The lowest BCUT2D eigenvalue weighted by atomic mass is 9.99. The Morgan fingerprint density at radius 3 is 1.65 bits per heavy atom. The van der Waals surface area contributed by atoms with E-state index in [9.17, 15) is 0 Å². The van der Waals surface area contributed by atoms with Crippen LogP contribution in [0.15, 0.2) is 85.2 Å². The van der Waals surface area contributed by atoms with Crippen molar-refractivity contribution in [2.24, 2.45) is 11.8 Å². The number of rotatable bonds is 20. The van der Waals surface area contributed by atoms with Crippen molar-refractivity contribution in [3.63, 3.8) is 0 Å². The second-order valence-corrected chi connectivity index (χ2v) is 12.8. The Kier molecular flexibility index (Phi) is 14.6. The minimum absolute atomic E-state index is 0.241. The summed E-state index contributed by atoms with van der Waals surface area (Å²) in [4.78, 5) is 9.37. The van der Waals surface area contributed by atoms with Crippen LogP contribution in [0, 0.1) is 11.8 Å². The summed E-state index contributed by atoms with van der Waals surface area (Å²) in [7, 11) is 0. The van der Waals surface area contributed by atoms with Gasteiger partial charge in [-0.3, -0.25) is 0 Å². The predicted molar refractivity (Wildman–Crippen MR) is 189 cm³/mol. The highest BCUT2D eigenvalue weighted by molar-refractivity contribution is 5.55. The van der Waals surface area contributed by atoms with Crippen molar-refractivity contribution < 1.29 is 14.2 Å². The Morgan fingerprint density at radius 1 is 0.587 bits per heavy atom. The molecular formula is C41H54N2O3. The van der Waals surface area contributed by atoms with Gasteiger partial charge in [-0.15, -0.1) is 0 Å². The molecule has 4 rings (SSSR count). The monoisotopic (exact) mass is 622 g/mol. The Bertz CT molecular complexity index is 1390. The van der Waals surface area contributed by atoms with E-state index in [1.165, 1.54) is 37.7 Å². The molecule has 0 aliphatic rings. The summed E-state index contributed by atoms with van der Waals surface area (Å²) < 4.78 is 18.6. The minimum Gasteiger partial charge on any atom is -0.493 e. The van der Waals surface area contributed by atoms with Crippen molar-refractivity contribution in [2.45, 2.75) is 98.7 Å². The molecule has 5 heteroatoms. The summed E-state index contributed by atoms with van der Waals surface area (Å²) in [5.74, 6) is 3.59. The summed E-state index contributed by atoms with van der Waals surface area (Å²) >= 11 is 0. The molecule has 0 spiro atoms. The lowest BCUT2D eigenvalue weighted by molar-refractivity contribution is 0.0666. The smallest absolute Gasteiger partial charge is 0.159 e. The van der Waals surface area contributed by atoms with Crippen LogP contribution in [0.1, 0.15) is 108 Å². The van der Waals surface area contributed by atoms with Crippen molar-refractivity contribution in [1.29, 1.82) is 0 Å². The molecule has 46 heavy (non-hydrogen) atoms. The maximum atomic E-state index is 6.62. The van der Waals surface area contributed by atoms with E-state index in [0.29, 0.717) is 18.4 Å². The molecule has 3 aromatic carbocycles. The van der Waals surface area contributed by atoms with E-state index >= 15 is 0 Å². The van der Waals surface area contributed by atoms with Gasteiger partial charge >= 0.3 is 0 Å². The maximum Gasteiger partial charge on any atom is 0.159 e. The van der Waals surface area contributed by atoms with Crippen molar-refractivity contribution in [2.75, 3.05) is 13.2 Å². The fourth-order valence-electron chi connectivity index (χ4n) is 5.07. The first kappa shape index (κ1) is 35.2. The number of hydrogen-bond acceptors (Lipinski definition) is 5. The predicted octanol–water partition coefficient (Wildman–Crippen LogP) is 10.8. The molecule has 246 valence electrons. The lowest BCUT2D eigenvalue weighted by Gasteiger charge is -2.20. The average molecular weight is 623 g/mol. The number of hydrogen-bond donors (Lipinski definition) is 0. The number of aryl methyl sites for hydroxylation is 1. The van der Waals surface area contributed by atoms with Crippen LogP contribution in [-0.4, -0.2) is 23.2 Å². The van der Waals surface area contributed by atoms with Crippen molar-refractivity contribution in [1.82, 2.24) is 9.97 Å².